The molecule has 152 valence electrons. The second-order valence-electron chi connectivity index (χ2n) is 5.67. The molecule has 0 saturated heterocycles. The zero-order chi connectivity index (χ0) is 21.1. The summed E-state index contributed by atoms with van der Waals surface area (Å²) in [5.74, 6) is -0.485. The molecule has 0 aliphatic heterocycles. The molecule has 0 unspecified atom stereocenters. The van der Waals surface area contributed by atoms with Crippen molar-refractivity contribution in [1.82, 2.24) is 9.97 Å². The van der Waals surface area contributed by atoms with Gasteiger partial charge in [0.2, 0.25) is 0 Å². The number of esters is 1. The zero-order valence-electron chi connectivity index (χ0n) is 16.1. The molecular weight excluding hydrogens is 413 g/mol. The van der Waals surface area contributed by atoms with Crippen LogP contribution in [0.3, 0.4) is 0 Å². The summed E-state index contributed by atoms with van der Waals surface area (Å²) in [7, 11) is 0. The molecule has 2 aromatic carbocycles. The predicted octanol–water partition coefficient (Wildman–Crippen LogP) is 5.67. The topological polar surface area (TPSA) is 73.3 Å². The molecule has 0 spiro atoms. The molecule has 0 fully saturated rings. The SMILES string of the molecule is CCOCOC(=O)c1ccccc1Nc1c(Cl)ccc(C)c1Cl.c1cncnc1. The lowest BCUT2D eigenvalue weighted by Crippen LogP contribution is -2.11. The van der Waals surface area contributed by atoms with Crippen molar-refractivity contribution in [3.63, 3.8) is 0 Å². The van der Waals surface area contributed by atoms with E-state index in [1.165, 1.54) is 6.33 Å². The van der Waals surface area contributed by atoms with Gasteiger partial charge in [0.05, 0.1) is 27.0 Å². The molecule has 0 aliphatic rings. The Hall–Kier alpha value is -2.67. The van der Waals surface area contributed by atoms with Gasteiger partial charge in [0, 0.05) is 19.0 Å². The minimum absolute atomic E-state index is 0.0877. The highest BCUT2D eigenvalue weighted by molar-refractivity contribution is 6.39. The summed E-state index contributed by atoms with van der Waals surface area (Å²) in [6.07, 6.45) is 4.88. The molecule has 0 radical (unpaired) electrons. The summed E-state index contributed by atoms with van der Waals surface area (Å²) in [6, 6.07) is 12.3. The first-order valence-corrected chi connectivity index (χ1v) is 9.55. The van der Waals surface area contributed by atoms with Crippen molar-refractivity contribution >= 4 is 40.5 Å². The lowest BCUT2D eigenvalue weighted by Gasteiger charge is -2.15. The highest BCUT2D eigenvalue weighted by atomic mass is 35.5. The van der Waals surface area contributed by atoms with Gasteiger partial charge in [-0.3, -0.25) is 0 Å². The fraction of sp³-hybridized carbons (Fsp3) is 0.190. The van der Waals surface area contributed by atoms with Gasteiger partial charge in [-0.25, -0.2) is 14.8 Å². The number of benzene rings is 2. The maximum absolute atomic E-state index is 12.2. The van der Waals surface area contributed by atoms with Crippen molar-refractivity contribution in [3.05, 3.63) is 82.4 Å². The maximum Gasteiger partial charge on any atom is 0.342 e. The third kappa shape index (κ3) is 7.02. The van der Waals surface area contributed by atoms with E-state index in [1.807, 2.05) is 19.9 Å². The molecular formula is C21H21Cl2N3O3. The summed E-state index contributed by atoms with van der Waals surface area (Å²) >= 11 is 12.5. The molecule has 8 heteroatoms. The third-order valence-corrected chi connectivity index (χ3v) is 4.45. The number of halogens is 2. The second kappa shape index (κ2) is 12.0. The molecule has 1 N–H and O–H groups in total. The number of para-hydroxylation sites is 1. The van der Waals surface area contributed by atoms with Crippen LogP contribution in [-0.2, 0) is 9.47 Å². The van der Waals surface area contributed by atoms with Crippen molar-refractivity contribution in [2.24, 2.45) is 0 Å². The second-order valence-corrected chi connectivity index (χ2v) is 6.46. The molecule has 1 heterocycles. The van der Waals surface area contributed by atoms with Crippen LogP contribution in [0.15, 0.2) is 61.2 Å². The van der Waals surface area contributed by atoms with Crippen molar-refractivity contribution in [2.75, 3.05) is 18.7 Å². The fourth-order valence-electron chi connectivity index (χ4n) is 2.19. The van der Waals surface area contributed by atoms with E-state index in [-0.39, 0.29) is 6.79 Å². The minimum Gasteiger partial charge on any atom is -0.435 e. The Kier molecular flexibility index (Phi) is 9.37. The number of rotatable bonds is 6. The monoisotopic (exact) mass is 433 g/mol. The average Bonchev–Trinajstić information content (AvgIpc) is 2.76. The van der Waals surface area contributed by atoms with Gasteiger partial charge in [-0.05, 0) is 43.7 Å². The van der Waals surface area contributed by atoms with Crippen LogP contribution in [-0.4, -0.2) is 29.3 Å². The summed E-state index contributed by atoms with van der Waals surface area (Å²) in [5.41, 5.74) is 2.37. The molecule has 0 atom stereocenters. The normalized spacial score (nSPS) is 9.93. The molecule has 0 bridgehead atoms. The minimum atomic E-state index is -0.485. The van der Waals surface area contributed by atoms with Gasteiger partial charge in [-0.2, -0.15) is 0 Å². The number of carbonyl (C=O) groups excluding carboxylic acids is 1. The molecule has 0 aliphatic carbocycles. The number of nitrogens with one attached hydrogen (secondary N) is 1. The first-order valence-electron chi connectivity index (χ1n) is 8.80. The Morgan fingerprint density at radius 1 is 1.07 bits per heavy atom. The summed E-state index contributed by atoms with van der Waals surface area (Å²) in [5, 5.41) is 4.10. The first kappa shape index (κ1) is 22.6. The molecule has 0 amide bonds. The number of carbonyl (C=O) groups is 1. The molecule has 1 aromatic heterocycles. The van der Waals surface area contributed by atoms with Gasteiger partial charge in [0.25, 0.3) is 0 Å². The molecule has 3 rings (SSSR count). The highest BCUT2D eigenvalue weighted by Crippen LogP contribution is 2.36. The van der Waals surface area contributed by atoms with Crippen molar-refractivity contribution < 1.29 is 14.3 Å². The number of hydrogen-bond donors (Lipinski definition) is 1. The lowest BCUT2D eigenvalue weighted by molar-refractivity contribution is -0.0273. The third-order valence-electron chi connectivity index (χ3n) is 3.65. The maximum atomic E-state index is 12.2. The van der Waals surface area contributed by atoms with Crippen LogP contribution in [0.5, 0.6) is 0 Å². The Morgan fingerprint density at radius 3 is 2.41 bits per heavy atom. The van der Waals surface area contributed by atoms with E-state index in [9.17, 15) is 4.79 Å². The molecule has 6 nitrogen and oxygen atoms in total. The Balaban J connectivity index is 0.000000426. The van der Waals surface area contributed by atoms with Crippen LogP contribution in [0, 0.1) is 6.92 Å². The Labute approximate surface area is 179 Å². The predicted molar refractivity (Wildman–Crippen MR) is 115 cm³/mol. The van der Waals surface area contributed by atoms with Crippen molar-refractivity contribution in [2.45, 2.75) is 13.8 Å². The van der Waals surface area contributed by atoms with Gasteiger partial charge in [0.15, 0.2) is 6.79 Å². The van der Waals surface area contributed by atoms with Crippen LogP contribution >= 0.6 is 23.2 Å². The molecule has 0 saturated carbocycles. The van der Waals surface area contributed by atoms with Gasteiger partial charge < -0.3 is 14.8 Å². The van der Waals surface area contributed by atoms with Gasteiger partial charge in [-0.1, -0.05) is 41.4 Å². The van der Waals surface area contributed by atoms with E-state index in [0.29, 0.717) is 33.6 Å². The van der Waals surface area contributed by atoms with Crippen LogP contribution < -0.4 is 5.32 Å². The van der Waals surface area contributed by atoms with Crippen LogP contribution in [0.4, 0.5) is 11.4 Å². The largest absolute Gasteiger partial charge is 0.435 e. The van der Waals surface area contributed by atoms with E-state index in [0.717, 1.165) is 5.56 Å². The number of aryl methyl sites for hydroxylation is 1. The number of hydrogen-bond acceptors (Lipinski definition) is 6. The highest BCUT2D eigenvalue weighted by Gasteiger charge is 2.15. The van der Waals surface area contributed by atoms with Gasteiger partial charge in [0.1, 0.15) is 6.33 Å². The number of anilines is 2. The fourth-order valence-corrected chi connectivity index (χ4v) is 2.65. The number of aromatic nitrogens is 2. The molecule has 29 heavy (non-hydrogen) atoms. The van der Waals surface area contributed by atoms with Crippen LogP contribution in [0.25, 0.3) is 0 Å². The zero-order valence-corrected chi connectivity index (χ0v) is 17.6. The van der Waals surface area contributed by atoms with Gasteiger partial charge in [-0.15, -0.1) is 0 Å². The van der Waals surface area contributed by atoms with E-state index < -0.39 is 5.97 Å². The van der Waals surface area contributed by atoms with Crippen LogP contribution in [0.2, 0.25) is 10.0 Å². The number of ether oxygens (including phenoxy) is 2. The Morgan fingerprint density at radius 2 is 1.79 bits per heavy atom. The van der Waals surface area contributed by atoms with E-state index in [4.69, 9.17) is 32.7 Å². The average molecular weight is 434 g/mol. The molecule has 3 aromatic rings. The van der Waals surface area contributed by atoms with E-state index >= 15 is 0 Å². The summed E-state index contributed by atoms with van der Waals surface area (Å²) < 4.78 is 10.1. The summed E-state index contributed by atoms with van der Waals surface area (Å²) in [4.78, 5) is 19.5. The van der Waals surface area contributed by atoms with Gasteiger partial charge >= 0.3 is 5.97 Å². The smallest absolute Gasteiger partial charge is 0.342 e. The van der Waals surface area contributed by atoms with E-state index in [2.05, 4.69) is 15.3 Å². The lowest BCUT2D eigenvalue weighted by atomic mass is 10.1. The first-order chi connectivity index (χ1) is 14.0. The standard InChI is InChI=1S/C17H17Cl2NO3.C4H4N2/c1-3-22-10-23-17(21)12-6-4-5-7-14(12)20-16-13(18)9-8-11(2)15(16)19;1-2-5-4-6-3-1/h4-9,20H,3,10H2,1-2H3;1-4H. The van der Waals surface area contributed by atoms with Crippen molar-refractivity contribution in [3.8, 4) is 0 Å². The summed E-state index contributed by atoms with van der Waals surface area (Å²) in [6.45, 7) is 4.09. The number of nitrogens with zero attached hydrogens (tertiary/aromatic N) is 2. The van der Waals surface area contributed by atoms with E-state index in [1.54, 1.807) is 48.8 Å². The Bertz CT molecular complexity index is 898. The quantitative estimate of drug-likeness (QED) is 0.306. The van der Waals surface area contributed by atoms with Crippen molar-refractivity contribution in [1.29, 1.82) is 0 Å². The van der Waals surface area contributed by atoms with Crippen LogP contribution in [0.1, 0.15) is 22.8 Å².